The zero-order valence-electron chi connectivity index (χ0n) is 11.9. The van der Waals surface area contributed by atoms with Crippen LogP contribution < -0.4 is 0 Å². The Morgan fingerprint density at radius 1 is 1.17 bits per heavy atom. The largest absolute Gasteiger partial charge is 0.294 e. The second kappa shape index (κ2) is 5.73. The van der Waals surface area contributed by atoms with E-state index in [9.17, 15) is 20.2 Å². The maximum Gasteiger partial charge on any atom is 0.269 e. The van der Waals surface area contributed by atoms with Crippen LogP contribution in [0.4, 0.5) is 5.69 Å². The number of hydrogen-bond acceptors (Lipinski definition) is 4. The van der Waals surface area contributed by atoms with Crippen LogP contribution in [-0.2, 0) is 0 Å². The van der Waals surface area contributed by atoms with E-state index in [1.807, 2.05) is 24.3 Å². The van der Waals surface area contributed by atoms with Crippen molar-refractivity contribution in [1.82, 2.24) is 4.90 Å². The van der Waals surface area contributed by atoms with E-state index in [1.54, 1.807) is 12.3 Å². The molecule has 6 nitrogen and oxygen atoms in total. The minimum absolute atomic E-state index is 0.0853. The fourth-order valence-electron chi connectivity index (χ4n) is 2.50. The number of carbonyl (C=O) groups is 1. The number of non-ortho nitro benzene ring substituents is 1. The molecule has 0 aliphatic carbocycles. The Labute approximate surface area is 132 Å². The first kappa shape index (κ1) is 14.5. The molecule has 112 valence electrons. The van der Waals surface area contributed by atoms with Gasteiger partial charge in [0.2, 0.25) is 0 Å². The van der Waals surface area contributed by atoms with Gasteiger partial charge in [-0.15, -0.1) is 0 Å². The molecular weight excluding hydrogens is 294 g/mol. The molecule has 0 saturated carbocycles. The summed E-state index contributed by atoms with van der Waals surface area (Å²) < 4.78 is 0. The van der Waals surface area contributed by atoms with Crippen LogP contribution in [0.1, 0.15) is 27.5 Å². The average molecular weight is 305 g/mol. The number of amides is 1. The summed E-state index contributed by atoms with van der Waals surface area (Å²) in [6.45, 7) is 0. The predicted octanol–water partition coefficient (Wildman–Crippen LogP) is 3.29. The molecule has 0 fully saturated rings. The molecule has 6 heteroatoms. The van der Waals surface area contributed by atoms with Gasteiger partial charge in [0.25, 0.3) is 11.6 Å². The average Bonchev–Trinajstić information content (AvgIpc) is 2.60. The lowest BCUT2D eigenvalue weighted by molar-refractivity contribution is -0.384. The Balaban J connectivity index is 1.94. The third kappa shape index (κ3) is 2.56. The molecule has 1 atom stereocenters. The first-order valence-corrected chi connectivity index (χ1v) is 6.85. The van der Waals surface area contributed by atoms with Crippen molar-refractivity contribution in [3.8, 4) is 6.07 Å². The monoisotopic (exact) mass is 305 g/mol. The van der Waals surface area contributed by atoms with Crippen LogP contribution in [0.15, 0.2) is 54.7 Å². The van der Waals surface area contributed by atoms with Crippen molar-refractivity contribution in [2.24, 2.45) is 0 Å². The van der Waals surface area contributed by atoms with Crippen molar-refractivity contribution in [2.45, 2.75) is 6.04 Å². The highest BCUT2D eigenvalue weighted by molar-refractivity contribution is 5.96. The second-order valence-corrected chi connectivity index (χ2v) is 4.99. The van der Waals surface area contributed by atoms with Gasteiger partial charge in [-0.3, -0.25) is 19.8 Å². The lowest BCUT2D eigenvalue weighted by atomic mass is 9.96. The summed E-state index contributed by atoms with van der Waals surface area (Å²) in [5.74, 6) is -0.378. The molecule has 3 rings (SSSR count). The molecule has 0 saturated heterocycles. The third-order valence-electron chi connectivity index (χ3n) is 3.67. The van der Waals surface area contributed by atoms with Gasteiger partial charge in [-0.05, 0) is 29.3 Å². The Morgan fingerprint density at radius 3 is 2.52 bits per heavy atom. The molecule has 1 heterocycles. The molecule has 2 aromatic carbocycles. The third-order valence-corrected chi connectivity index (χ3v) is 3.67. The summed E-state index contributed by atoms with van der Waals surface area (Å²) in [6, 6.07) is 14.1. The molecule has 1 aliphatic rings. The summed E-state index contributed by atoms with van der Waals surface area (Å²) in [5, 5.41) is 20.1. The van der Waals surface area contributed by atoms with Gasteiger partial charge in [-0.25, -0.2) is 0 Å². The van der Waals surface area contributed by atoms with Crippen LogP contribution in [-0.4, -0.2) is 15.7 Å². The van der Waals surface area contributed by atoms with E-state index in [0.29, 0.717) is 5.56 Å². The number of benzene rings is 2. The van der Waals surface area contributed by atoms with Crippen molar-refractivity contribution in [3.05, 3.63) is 81.5 Å². The van der Waals surface area contributed by atoms with E-state index >= 15 is 0 Å². The quantitative estimate of drug-likeness (QED) is 0.629. The van der Waals surface area contributed by atoms with E-state index in [-0.39, 0.29) is 11.6 Å². The number of nitriles is 1. The van der Waals surface area contributed by atoms with Gasteiger partial charge in [0.05, 0.1) is 11.0 Å². The van der Waals surface area contributed by atoms with Gasteiger partial charge in [-0.1, -0.05) is 24.3 Å². The van der Waals surface area contributed by atoms with Gasteiger partial charge in [0.15, 0.2) is 0 Å². The van der Waals surface area contributed by atoms with Crippen molar-refractivity contribution in [2.75, 3.05) is 0 Å². The van der Waals surface area contributed by atoms with Crippen LogP contribution in [0.5, 0.6) is 0 Å². The number of hydrogen-bond donors (Lipinski definition) is 0. The van der Waals surface area contributed by atoms with Crippen LogP contribution in [0, 0.1) is 21.4 Å². The second-order valence-electron chi connectivity index (χ2n) is 4.99. The molecule has 0 radical (unpaired) electrons. The minimum atomic E-state index is -0.723. The summed E-state index contributed by atoms with van der Waals surface area (Å²) in [6.07, 6.45) is 3.34. The summed E-state index contributed by atoms with van der Waals surface area (Å²) in [5.41, 5.74) is 1.86. The first-order valence-electron chi connectivity index (χ1n) is 6.85. The lowest BCUT2D eigenvalue weighted by Gasteiger charge is -2.28. The topological polar surface area (TPSA) is 87.2 Å². The van der Waals surface area contributed by atoms with E-state index in [4.69, 9.17) is 0 Å². The van der Waals surface area contributed by atoms with E-state index in [0.717, 1.165) is 11.1 Å². The van der Waals surface area contributed by atoms with Crippen molar-refractivity contribution < 1.29 is 9.72 Å². The molecule has 0 N–H and O–H groups in total. The molecule has 0 spiro atoms. The molecular formula is C17H11N3O3. The smallest absolute Gasteiger partial charge is 0.269 e. The van der Waals surface area contributed by atoms with E-state index in [2.05, 4.69) is 6.07 Å². The minimum Gasteiger partial charge on any atom is -0.294 e. The number of carbonyl (C=O) groups excluding carboxylic acids is 1. The standard InChI is InChI=1S/C17H11N3O3/c18-11-16-15-4-2-1-3-12(15)9-10-19(16)17(21)13-5-7-14(8-6-13)20(22)23/h1-10,16H/t16-/m1/s1. The number of nitrogens with zero attached hydrogens (tertiary/aromatic N) is 3. The molecule has 1 aliphatic heterocycles. The lowest BCUT2D eigenvalue weighted by Crippen LogP contribution is -2.31. The molecule has 0 bridgehead atoms. The SMILES string of the molecule is N#C[C@@H]1c2ccccc2C=CN1C(=O)c1ccc([N+](=O)[O-])cc1. The molecule has 0 aromatic heterocycles. The van der Waals surface area contributed by atoms with Crippen molar-refractivity contribution in [1.29, 1.82) is 5.26 Å². The Bertz CT molecular complexity index is 850. The van der Waals surface area contributed by atoms with Crippen molar-refractivity contribution >= 4 is 17.7 Å². The van der Waals surface area contributed by atoms with Gasteiger partial charge >= 0.3 is 0 Å². The maximum absolute atomic E-state index is 12.6. The van der Waals surface area contributed by atoms with Gasteiger partial charge in [-0.2, -0.15) is 5.26 Å². The maximum atomic E-state index is 12.6. The summed E-state index contributed by atoms with van der Waals surface area (Å²) in [4.78, 5) is 24.1. The van der Waals surface area contributed by atoms with E-state index in [1.165, 1.54) is 29.2 Å². The van der Waals surface area contributed by atoms with Crippen LogP contribution in [0.25, 0.3) is 6.08 Å². The Kier molecular flexibility index (Phi) is 3.61. The Morgan fingerprint density at radius 2 is 1.87 bits per heavy atom. The predicted molar refractivity (Wildman–Crippen MR) is 83.1 cm³/mol. The summed E-state index contributed by atoms with van der Waals surface area (Å²) in [7, 11) is 0. The van der Waals surface area contributed by atoms with Crippen LogP contribution in [0.2, 0.25) is 0 Å². The number of fused-ring (bicyclic) bond motifs is 1. The van der Waals surface area contributed by atoms with E-state index < -0.39 is 11.0 Å². The molecule has 2 aromatic rings. The molecule has 1 amide bonds. The fourth-order valence-corrected chi connectivity index (χ4v) is 2.50. The first-order chi connectivity index (χ1) is 11.1. The number of rotatable bonds is 2. The van der Waals surface area contributed by atoms with Gasteiger partial charge < -0.3 is 0 Å². The van der Waals surface area contributed by atoms with Crippen molar-refractivity contribution in [3.63, 3.8) is 0 Å². The summed E-state index contributed by atoms with van der Waals surface area (Å²) >= 11 is 0. The van der Waals surface area contributed by atoms with Gasteiger partial charge in [0.1, 0.15) is 6.04 Å². The normalized spacial score (nSPS) is 15.6. The zero-order valence-corrected chi connectivity index (χ0v) is 11.9. The molecule has 0 unspecified atom stereocenters. The van der Waals surface area contributed by atoms with Crippen LogP contribution in [0.3, 0.4) is 0 Å². The fraction of sp³-hybridized carbons (Fsp3) is 0.0588. The highest BCUT2D eigenvalue weighted by atomic mass is 16.6. The number of nitro benzene ring substituents is 1. The molecule has 23 heavy (non-hydrogen) atoms. The Hall–Kier alpha value is -3.46. The number of nitro groups is 1. The highest BCUT2D eigenvalue weighted by Gasteiger charge is 2.28. The van der Waals surface area contributed by atoms with Gasteiger partial charge in [0, 0.05) is 23.9 Å². The zero-order chi connectivity index (χ0) is 16.4. The van der Waals surface area contributed by atoms with Crippen LogP contribution >= 0.6 is 0 Å². The highest BCUT2D eigenvalue weighted by Crippen LogP contribution is 2.31.